The van der Waals surface area contributed by atoms with E-state index >= 15 is 0 Å². The van der Waals surface area contributed by atoms with Crippen molar-refractivity contribution in [2.45, 2.75) is 12.5 Å². The fourth-order valence-corrected chi connectivity index (χ4v) is 3.39. The number of benzene rings is 1. The standard InChI is InChI=1S/C20H21FN6O2/c1-26-11-13(10-23-26)17-5-7-22-20(25-17)27-8-6-15(12-27)24-19(28)16-4-3-14(21)9-18(16)29-2/h3-5,7,9-11,15H,6,8,12H2,1-2H3,(H,24,28). The summed E-state index contributed by atoms with van der Waals surface area (Å²) in [6, 6.07) is 5.65. The first-order chi connectivity index (χ1) is 14.0. The van der Waals surface area contributed by atoms with Crippen molar-refractivity contribution in [2.75, 3.05) is 25.1 Å². The Morgan fingerprint density at radius 3 is 2.97 bits per heavy atom. The number of carbonyl (C=O) groups excluding carboxylic acids is 1. The van der Waals surface area contributed by atoms with E-state index in [1.54, 1.807) is 17.1 Å². The number of hydrogen-bond acceptors (Lipinski definition) is 6. The SMILES string of the molecule is COc1cc(F)ccc1C(=O)NC1CCN(c2nccc(-c3cnn(C)c3)n2)C1. The molecule has 1 unspecified atom stereocenters. The summed E-state index contributed by atoms with van der Waals surface area (Å²) in [4.78, 5) is 23.6. The van der Waals surface area contributed by atoms with Gasteiger partial charge < -0.3 is 15.0 Å². The van der Waals surface area contributed by atoms with Gasteiger partial charge in [-0.15, -0.1) is 0 Å². The van der Waals surface area contributed by atoms with Crippen LogP contribution in [0, 0.1) is 5.82 Å². The first kappa shape index (κ1) is 18.9. The number of anilines is 1. The summed E-state index contributed by atoms with van der Waals surface area (Å²) in [6.45, 7) is 1.31. The van der Waals surface area contributed by atoms with Crippen molar-refractivity contribution in [3.05, 3.63) is 54.2 Å². The highest BCUT2D eigenvalue weighted by Crippen LogP contribution is 2.23. The number of nitrogens with zero attached hydrogens (tertiary/aromatic N) is 5. The maximum atomic E-state index is 13.4. The highest BCUT2D eigenvalue weighted by molar-refractivity contribution is 5.97. The predicted molar refractivity (Wildman–Crippen MR) is 105 cm³/mol. The maximum Gasteiger partial charge on any atom is 0.255 e. The van der Waals surface area contributed by atoms with E-state index in [0.717, 1.165) is 24.2 Å². The van der Waals surface area contributed by atoms with Gasteiger partial charge in [0, 0.05) is 50.2 Å². The van der Waals surface area contributed by atoms with E-state index in [1.807, 2.05) is 24.2 Å². The molecule has 2 aromatic heterocycles. The van der Waals surface area contributed by atoms with E-state index < -0.39 is 5.82 Å². The van der Waals surface area contributed by atoms with Crippen LogP contribution in [-0.2, 0) is 7.05 Å². The lowest BCUT2D eigenvalue weighted by molar-refractivity contribution is 0.0937. The number of aromatic nitrogens is 4. The quantitative estimate of drug-likeness (QED) is 0.710. The minimum absolute atomic E-state index is 0.0668. The molecule has 0 bridgehead atoms. The number of carbonyl (C=O) groups is 1. The lowest BCUT2D eigenvalue weighted by Gasteiger charge is -2.18. The Kier molecular flexibility index (Phi) is 5.11. The molecule has 1 amide bonds. The molecular weight excluding hydrogens is 375 g/mol. The molecule has 1 atom stereocenters. The molecule has 150 valence electrons. The highest BCUT2D eigenvalue weighted by Gasteiger charge is 2.27. The first-order valence-electron chi connectivity index (χ1n) is 9.25. The van der Waals surface area contributed by atoms with Crippen LogP contribution in [0.25, 0.3) is 11.3 Å². The topological polar surface area (TPSA) is 85.2 Å². The van der Waals surface area contributed by atoms with Crippen LogP contribution in [0.3, 0.4) is 0 Å². The van der Waals surface area contributed by atoms with E-state index in [1.165, 1.54) is 25.3 Å². The van der Waals surface area contributed by atoms with Gasteiger partial charge in [0.1, 0.15) is 11.6 Å². The number of halogens is 1. The van der Waals surface area contributed by atoms with Crippen LogP contribution < -0.4 is 15.0 Å². The molecule has 4 rings (SSSR count). The minimum atomic E-state index is -0.448. The largest absolute Gasteiger partial charge is 0.496 e. The Balaban J connectivity index is 1.44. The van der Waals surface area contributed by atoms with Gasteiger partial charge in [-0.25, -0.2) is 14.4 Å². The highest BCUT2D eigenvalue weighted by atomic mass is 19.1. The number of methoxy groups -OCH3 is 1. The summed E-state index contributed by atoms with van der Waals surface area (Å²) in [5.74, 6) is 0.0853. The first-order valence-corrected chi connectivity index (χ1v) is 9.25. The molecule has 9 heteroatoms. The average molecular weight is 396 g/mol. The molecule has 8 nitrogen and oxygen atoms in total. The molecule has 1 aromatic carbocycles. The zero-order valence-corrected chi connectivity index (χ0v) is 16.2. The lowest BCUT2D eigenvalue weighted by Crippen LogP contribution is -2.37. The average Bonchev–Trinajstić information content (AvgIpc) is 3.37. The third-order valence-corrected chi connectivity index (χ3v) is 4.86. The summed E-state index contributed by atoms with van der Waals surface area (Å²) in [5.41, 5.74) is 2.03. The Bertz CT molecular complexity index is 1040. The zero-order chi connectivity index (χ0) is 20.4. The van der Waals surface area contributed by atoms with Gasteiger partial charge >= 0.3 is 0 Å². The van der Waals surface area contributed by atoms with Crippen molar-refractivity contribution < 1.29 is 13.9 Å². The van der Waals surface area contributed by atoms with E-state index in [4.69, 9.17) is 4.74 Å². The fraction of sp³-hybridized carbons (Fsp3) is 0.300. The second-order valence-electron chi connectivity index (χ2n) is 6.89. The van der Waals surface area contributed by atoms with E-state index in [-0.39, 0.29) is 17.7 Å². The van der Waals surface area contributed by atoms with E-state index in [9.17, 15) is 9.18 Å². The third-order valence-electron chi connectivity index (χ3n) is 4.86. The molecule has 1 saturated heterocycles. The summed E-state index contributed by atoms with van der Waals surface area (Å²) >= 11 is 0. The van der Waals surface area contributed by atoms with Crippen LogP contribution in [0.4, 0.5) is 10.3 Å². The van der Waals surface area contributed by atoms with Crippen LogP contribution in [0.2, 0.25) is 0 Å². The van der Waals surface area contributed by atoms with Crippen molar-refractivity contribution in [2.24, 2.45) is 7.05 Å². The molecule has 0 radical (unpaired) electrons. The normalized spacial score (nSPS) is 16.1. The Morgan fingerprint density at radius 2 is 2.21 bits per heavy atom. The predicted octanol–water partition coefficient (Wildman–Crippen LogP) is 2.03. The van der Waals surface area contributed by atoms with Crippen LogP contribution in [0.1, 0.15) is 16.8 Å². The van der Waals surface area contributed by atoms with Crippen molar-refractivity contribution in [1.29, 1.82) is 0 Å². The summed E-state index contributed by atoms with van der Waals surface area (Å²) < 4.78 is 20.2. The zero-order valence-electron chi connectivity index (χ0n) is 16.2. The molecular formula is C20H21FN6O2. The summed E-state index contributed by atoms with van der Waals surface area (Å²) in [5, 5.41) is 7.16. The molecule has 0 spiro atoms. The smallest absolute Gasteiger partial charge is 0.255 e. The maximum absolute atomic E-state index is 13.4. The molecule has 29 heavy (non-hydrogen) atoms. The van der Waals surface area contributed by atoms with Crippen LogP contribution >= 0.6 is 0 Å². The van der Waals surface area contributed by atoms with Gasteiger partial charge in [0.25, 0.3) is 5.91 Å². The van der Waals surface area contributed by atoms with Gasteiger partial charge in [0.2, 0.25) is 5.95 Å². The summed E-state index contributed by atoms with van der Waals surface area (Å²) in [7, 11) is 3.27. The Morgan fingerprint density at radius 1 is 1.34 bits per heavy atom. The van der Waals surface area contributed by atoms with Crippen LogP contribution in [-0.4, -0.2) is 51.9 Å². The molecule has 0 aliphatic carbocycles. The van der Waals surface area contributed by atoms with Gasteiger partial charge in [0.15, 0.2) is 0 Å². The molecule has 1 N–H and O–H groups in total. The fourth-order valence-electron chi connectivity index (χ4n) is 3.39. The number of nitrogens with one attached hydrogen (secondary N) is 1. The van der Waals surface area contributed by atoms with Crippen LogP contribution in [0.5, 0.6) is 5.75 Å². The molecule has 1 fully saturated rings. The van der Waals surface area contributed by atoms with E-state index in [0.29, 0.717) is 18.1 Å². The molecule has 1 aliphatic rings. The monoisotopic (exact) mass is 396 g/mol. The van der Waals surface area contributed by atoms with Gasteiger partial charge in [0.05, 0.1) is 24.6 Å². The molecule has 3 heterocycles. The molecule has 0 saturated carbocycles. The van der Waals surface area contributed by atoms with E-state index in [2.05, 4.69) is 20.4 Å². The van der Waals surface area contributed by atoms with Crippen molar-refractivity contribution in [3.8, 4) is 17.0 Å². The second kappa shape index (κ2) is 7.86. The van der Waals surface area contributed by atoms with Gasteiger partial charge in [-0.3, -0.25) is 9.48 Å². The second-order valence-corrected chi connectivity index (χ2v) is 6.89. The van der Waals surface area contributed by atoms with Crippen LogP contribution in [0.15, 0.2) is 42.9 Å². The van der Waals surface area contributed by atoms with Gasteiger partial charge in [-0.2, -0.15) is 5.10 Å². The summed E-state index contributed by atoms with van der Waals surface area (Å²) in [6.07, 6.45) is 6.14. The van der Waals surface area contributed by atoms with Gasteiger partial charge in [-0.1, -0.05) is 0 Å². The Hall–Kier alpha value is -3.49. The number of rotatable bonds is 5. The van der Waals surface area contributed by atoms with Crippen molar-refractivity contribution >= 4 is 11.9 Å². The third kappa shape index (κ3) is 4.03. The van der Waals surface area contributed by atoms with Crippen molar-refractivity contribution in [1.82, 2.24) is 25.1 Å². The van der Waals surface area contributed by atoms with Gasteiger partial charge in [-0.05, 0) is 24.6 Å². The molecule has 1 aliphatic heterocycles. The lowest BCUT2D eigenvalue weighted by atomic mass is 10.1. The molecule has 3 aromatic rings. The number of ether oxygens (including phenoxy) is 1. The number of aryl methyl sites for hydroxylation is 1. The van der Waals surface area contributed by atoms with Crippen molar-refractivity contribution in [3.63, 3.8) is 0 Å². The number of amides is 1. The minimum Gasteiger partial charge on any atom is -0.496 e. The number of hydrogen-bond donors (Lipinski definition) is 1. The Labute approximate surface area is 167 Å².